The van der Waals surface area contributed by atoms with Crippen LogP contribution < -0.4 is 10.6 Å². The van der Waals surface area contributed by atoms with Crippen LogP contribution in [0.3, 0.4) is 0 Å². The molecule has 0 spiro atoms. The number of hydrogen-bond acceptors (Lipinski definition) is 4. The fourth-order valence-electron chi connectivity index (χ4n) is 1.54. The van der Waals surface area contributed by atoms with Gasteiger partial charge in [-0.3, -0.25) is 10.1 Å². The number of nitrogens with one attached hydrogen (secondary N) is 2. The number of aryl methyl sites for hydroxylation is 1. The van der Waals surface area contributed by atoms with E-state index in [1.165, 1.54) is 0 Å². The van der Waals surface area contributed by atoms with Crippen LogP contribution in [0.25, 0.3) is 0 Å². The van der Waals surface area contributed by atoms with E-state index in [2.05, 4.69) is 15.6 Å². The number of nitrogens with zero attached hydrogens (tertiary/aromatic N) is 1. The predicted octanol–water partition coefficient (Wildman–Crippen LogP) is 2.36. The van der Waals surface area contributed by atoms with Crippen LogP contribution in [0.15, 0.2) is 34.9 Å². The average molecular weight is 280 g/mol. The minimum atomic E-state index is -0.148. The second-order valence-corrected chi connectivity index (χ2v) is 4.46. The smallest absolute Gasteiger partial charge is 0.238 e. The standard InChI is InChI=1S/C13H14ClN3O2/c1-9-6-16-13(19-9)8-15-7-12(18)17-11-4-2-3-10(14)5-11/h2-6,15H,7-8H2,1H3,(H,17,18). The molecule has 5 nitrogen and oxygen atoms in total. The quantitative estimate of drug-likeness (QED) is 0.882. The summed E-state index contributed by atoms with van der Waals surface area (Å²) in [7, 11) is 0. The number of amides is 1. The molecule has 0 unspecified atom stereocenters. The number of benzene rings is 1. The zero-order chi connectivity index (χ0) is 13.7. The molecule has 0 saturated heterocycles. The van der Waals surface area contributed by atoms with Gasteiger partial charge in [-0.05, 0) is 25.1 Å². The van der Waals surface area contributed by atoms with Crippen LogP contribution in [-0.4, -0.2) is 17.4 Å². The van der Waals surface area contributed by atoms with Crippen molar-refractivity contribution in [2.24, 2.45) is 0 Å². The highest BCUT2D eigenvalue weighted by atomic mass is 35.5. The number of aromatic nitrogens is 1. The lowest BCUT2D eigenvalue weighted by Crippen LogP contribution is -2.27. The van der Waals surface area contributed by atoms with Crippen molar-refractivity contribution in [3.8, 4) is 0 Å². The molecule has 0 saturated carbocycles. The zero-order valence-electron chi connectivity index (χ0n) is 10.4. The van der Waals surface area contributed by atoms with Crippen LogP contribution in [0.4, 0.5) is 5.69 Å². The summed E-state index contributed by atoms with van der Waals surface area (Å²) >= 11 is 5.83. The molecule has 0 fully saturated rings. The first-order valence-electron chi connectivity index (χ1n) is 5.81. The summed E-state index contributed by atoms with van der Waals surface area (Å²) in [6.07, 6.45) is 1.64. The molecular formula is C13H14ClN3O2. The lowest BCUT2D eigenvalue weighted by molar-refractivity contribution is -0.115. The van der Waals surface area contributed by atoms with Gasteiger partial charge in [-0.1, -0.05) is 17.7 Å². The number of carbonyl (C=O) groups is 1. The Bertz CT molecular complexity index is 569. The Balaban J connectivity index is 1.76. The molecule has 0 aliphatic heterocycles. The number of carbonyl (C=O) groups excluding carboxylic acids is 1. The van der Waals surface area contributed by atoms with E-state index in [0.29, 0.717) is 23.1 Å². The van der Waals surface area contributed by atoms with Gasteiger partial charge in [-0.2, -0.15) is 0 Å². The van der Waals surface area contributed by atoms with Crippen molar-refractivity contribution in [1.29, 1.82) is 0 Å². The highest BCUT2D eigenvalue weighted by Gasteiger charge is 2.04. The van der Waals surface area contributed by atoms with E-state index in [1.807, 2.05) is 6.92 Å². The molecule has 2 rings (SSSR count). The van der Waals surface area contributed by atoms with Crippen molar-refractivity contribution in [3.63, 3.8) is 0 Å². The van der Waals surface area contributed by atoms with Crippen LogP contribution in [0, 0.1) is 6.92 Å². The van der Waals surface area contributed by atoms with E-state index >= 15 is 0 Å². The summed E-state index contributed by atoms with van der Waals surface area (Å²) < 4.78 is 5.28. The van der Waals surface area contributed by atoms with E-state index in [-0.39, 0.29) is 12.5 Å². The molecule has 2 N–H and O–H groups in total. The lowest BCUT2D eigenvalue weighted by atomic mass is 10.3. The van der Waals surface area contributed by atoms with Crippen LogP contribution in [-0.2, 0) is 11.3 Å². The number of halogens is 1. The van der Waals surface area contributed by atoms with Crippen molar-refractivity contribution in [2.75, 3.05) is 11.9 Å². The first-order chi connectivity index (χ1) is 9.13. The first kappa shape index (κ1) is 13.6. The fourth-order valence-corrected chi connectivity index (χ4v) is 1.73. The van der Waals surface area contributed by atoms with E-state index < -0.39 is 0 Å². The normalized spacial score (nSPS) is 10.4. The van der Waals surface area contributed by atoms with Crippen molar-refractivity contribution >= 4 is 23.2 Å². The molecule has 0 aliphatic carbocycles. The number of hydrogen-bond donors (Lipinski definition) is 2. The predicted molar refractivity (Wildman–Crippen MR) is 73.0 cm³/mol. The summed E-state index contributed by atoms with van der Waals surface area (Å²) in [5.74, 6) is 1.17. The molecule has 0 atom stereocenters. The largest absolute Gasteiger partial charge is 0.445 e. The monoisotopic (exact) mass is 279 g/mol. The molecule has 1 aromatic heterocycles. The van der Waals surface area contributed by atoms with Crippen molar-refractivity contribution < 1.29 is 9.21 Å². The number of anilines is 1. The Morgan fingerprint density at radius 2 is 2.32 bits per heavy atom. The Hall–Kier alpha value is -1.85. The Morgan fingerprint density at radius 1 is 1.47 bits per heavy atom. The maximum Gasteiger partial charge on any atom is 0.238 e. The number of oxazole rings is 1. The molecule has 100 valence electrons. The second-order valence-electron chi connectivity index (χ2n) is 4.03. The van der Waals surface area contributed by atoms with Crippen molar-refractivity contribution in [1.82, 2.24) is 10.3 Å². The maximum atomic E-state index is 11.7. The van der Waals surface area contributed by atoms with Crippen LogP contribution in [0.1, 0.15) is 11.7 Å². The molecule has 1 heterocycles. The van der Waals surface area contributed by atoms with Crippen molar-refractivity contribution in [3.05, 3.63) is 47.1 Å². The van der Waals surface area contributed by atoms with Gasteiger partial charge in [0.15, 0.2) is 0 Å². The molecule has 0 bridgehead atoms. The number of rotatable bonds is 5. The maximum absolute atomic E-state index is 11.7. The summed E-state index contributed by atoms with van der Waals surface area (Å²) in [5, 5.41) is 6.27. The van der Waals surface area contributed by atoms with Crippen LogP contribution in [0.5, 0.6) is 0 Å². The van der Waals surface area contributed by atoms with E-state index in [9.17, 15) is 4.79 Å². The third-order valence-electron chi connectivity index (χ3n) is 2.34. The van der Waals surface area contributed by atoms with Gasteiger partial charge in [0.05, 0.1) is 19.3 Å². The Labute approximate surface area is 116 Å². The van der Waals surface area contributed by atoms with Gasteiger partial charge in [0, 0.05) is 10.7 Å². The summed E-state index contributed by atoms with van der Waals surface area (Å²) in [6, 6.07) is 7.00. The topological polar surface area (TPSA) is 67.2 Å². The Kier molecular flexibility index (Phi) is 4.54. The van der Waals surface area contributed by atoms with Gasteiger partial charge in [-0.15, -0.1) is 0 Å². The minimum absolute atomic E-state index is 0.148. The SMILES string of the molecule is Cc1cnc(CNCC(=O)Nc2cccc(Cl)c2)o1. The van der Waals surface area contributed by atoms with Gasteiger partial charge >= 0.3 is 0 Å². The van der Waals surface area contributed by atoms with Gasteiger partial charge in [0.1, 0.15) is 5.76 Å². The summed E-state index contributed by atoms with van der Waals surface area (Å²) in [5.41, 5.74) is 0.672. The van der Waals surface area contributed by atoms with Gasteiger partial charge < -0.3 is 9.73 Å². The van der Waals surface area contributed by atoms with Crippen molar-refractivity contribution in [2.45, 2.75) is 13.5 Å². The molecule has 6 heteroatoms. The van der Waals surface area contributed by atoms with Gasteiger partial charge in [0.25, 0.3) is 0 Å². The molecule has 0 aliphatic rings. The molecule has 2 aromatic rings. The lowest BCUT2D eigenvalue weighted by Gasteiger charge is -2.05. The zero-order valence-corrected chi connectivity index (χ0v) is 11.2. The summed E-state index contributed by atoms with van der Waals surface area (Å²) in [6.45, 7) is 2.41. The third kappa shape index (κ3) is 4.39. The third-order valence-corrected chi connectivity index (χ3v) is 2.57. The van der Waals surface area contributed by atoms with E-state index in [1.54, 1.807) is 30.5 Å². The fraction of sp³-hybridized carbons (Fsp3) is 0.231. The molecular weight excluding hydrogens is 266 g/mol. The molecule has 1 amide bonds. The molecule has 0 radical (unpaired) electrons. The minimum Gasteiger partial charge on any atom is -0.445 e. The van der Waals surface area contributed by atoms with E-state index in [4.69, 9.17) is 16.0 Å². The van der Waals surface area contributed by atoms with Gasteiger partial charge in [-0.25, -0.2) is 4.98 Å². The van der Waals surface area contributed by atoms with Crippen LogP contribution >= 0.6 is 11.6 Å². The second kappa shape index (κ2) is 6.36. The molecule has 19 heavy (non-hydrogen) atoms. The summed E-state index contributed by atoms with van der Waals surface area (Å²) in [4.78, 5) is 15.7. The van der Waals surface area contributed by atoms with Gasteiger partial charge in [0.2, 0.25) is 11.8 Å². The first-order valence-corrected chi connectivity index (χ1v) is 6.19. The highest BCUT2D eigenvalue weighted by Crippen LogP contribution is 2.14. The van der Waals surface area contributed by atoms with Crippen LogP contribution in [0.2, 0.25) is 5.02 Å². The Morgan fingerprint density at radius 3 is 3.00 bits per heavy atom. The molecule has 1 aromatic carbocycles. The van der Waals surface area contributed by atoms with E-state index in [0.717, 1.165) is 5.76 Å². The average Bonchev–Trinajstić information content (AvgIpc) is 2.75. The highest BCUT2D eigenvalue weighted by molar-refractivity contribution is 6.30.